The fourth-order valence-electron chi connectivity index (χ4n) is 1.92. The highest BCUT2D eigenvalue weighted by Gasteiger charge is 2.07. The summed E-state index contributed by atoms with van der Waals surface area (Å²) >= 11 is 0. The molecule has 2 nitrogen and oxygen atoms in total. The summed E-state index contributed by atoms with van der Waals surface area (Å²) in [6.07, 6.45) is 2.62. The van der Waals surface area contributed by atoms with Crippen molar-refractivity contribution in [2.75, 3.05) is 26.8 Å². The summed E-state index contributed by atoms with van der Waals surface area (Å²) in [5, 5.41) is 3.29. The second kappa shape index (κ2) is 8.99. The predicted molar refractivity (Wildman–Crippen MR) is 73.2 cm³/mol. The van der Waals surface area contributed by atoms with Gasteiger partial charge < -0.3 is 10.1 Å². The lowest BCUT2D eigenvalue weighted by Crippen LogP contribution is -2.21. The van der Waals surface area contributed by atoms with Gasteiger partial charge >= 0.3 is 0 Å². The molecule has 1 unspecified atom stereocenters. The Balaban J connectivity index is 2.20. The molecule has 1 aromatic rings. The summed E-state index contributed by atoms with van der Waals surface area (Å²) in [6.45, 7) is 4.67. The van der Waals surface area contributed by atoms with Gasteiger partial charge in [0, 0.05) is 19.7 Å². The molecule has 19 heavy (non-hydrogen) atoms. The van der Waals surface area contributed by atoms with Gasteiger partial charge in [-0.05, 0) is 43.4 Å². The highest BCUT2D eigenvalue weighted by Crippen LogP contribution is 2.16. The number of nitrogens with one attached hydrogen (secondary N) is 1. The number of rotatable bonds is 9. The smallest absolute Gasteiger partial charge is 0.129 e. The van der Waals surface area contributed by atoms with Gasteiger partial charge in [-0.1, -0.05) is 13.0 Å². The first kappa shape index (κ1) is 16.1. The zero-order valence-corrected chi connectivity index (χ0v) is 11.7. The lowest BCUT2D eigenvalue weighted by Gasteiger charge is -2.12. The minimum atomic E-state index is -0.517. The molecule has 0 heterocycles. The molecule has 0 bridgehead atoms. The van der Waals surface area contributed by atoms with Crippen LogP contribution in [-0.2, 0) is 11.2 Å². The zero-order valence-electron chi connectivity index (χ0n) is 11.7. The van der Waals surface area contributed by atoms with E-state index in [4.69, 9.17) is 4.74 Å². The van der Waals surface area contributed by atoms with Gasteiger partial charge in [0.1, 0.15) is 11.6 Å². The number of ether oxygens (including phenoxy) is 1. The molecule has 108 valence electrons. The Morgan fingerprint density at radius 2 is 2.00 bits per heavy atom. The van der Waals surface area contributed by atoms with Crippen LogP contribution in [0.15, 0.2) is 18.2 Å². The normalized spacial score (nSPS) is 12.6. The summed E-state index contributed by atoms with van der Waals surface area (Å²) in [5.41, 5.74) is 0.598. The SMILES string of the molecule is COCCNCCC(C)CCc1ccc(F)cc1F. The molecule has 0 aromatic heterocycles. The third-order valence-corrected chi connectivity index (χ3v) is 3.22. The third-order valence-electron chi connectivity index (χ3n) is 3.22. The molecule has 0 amide bonds. The summed E-state index contributed by atoms with van der Waals surface area (Å²) in [6, 6.07) is 3.80. The number of halogens is 2. The fourth-order valence-corrected chi connectivity index (χ4v) is 1.92. The van der Waals surface area contributed by atoms with E-state index in [1.54, 1.807) is 7.11 Å². The van der Waals surface area contributed by atoms with Crippen LogP contribution in [0.5, 0.6) is 0 Å². The van der Waals surface area contributed by atoms with E-state index in [0.29, 0.717) is 17.9 Å². The van der Waals surface area contributed by atoms with Crippen molar-refractivity contribution in [1.29, 1.82) is 0 Å². The molecule has 1 atom stereocenters. The summed E-state index contributed by atoms with van der Waals surface area (Å²) in [7, 11) is 1.68. The molecule has 4 heteroatoms. The second-order valence-corrected chi connectivity index (χ2v) is 4.91. The molecular weight excluding hydrogens is 248 g/mol. The Morgan fingerprint density at radius 3 is 2.68 bits per heavy atom. The van der Waals surface area contributed by atoms with Crippen LogP contribution in [0.1, 0.15) is 25.3 Å². The van der Waals surface area contributed by atoms with E-state index in [0.717, 1.165) is 38.6 Å². The number of aryl methyl sites for hydroxylation is 1. The highest BCUT2D eigenvalue weighted by atomic mass is 19.1. The largest absolute Gasteiger partial charge is 0.383 e. The van der Waals surface area contributed by atoms with Crippen molar-refractivity contribution >= 4 is 0 Å². The third kappa shape index (κ3) is 6.64. The molecule has 0 aliphatic heterocycles. The zero-order chi connectivity index (χ0) is 14.1. The van der Waals surface area contributed by atoms with Gasteiger partial charge in [-0.25, -0.2) is 8.78 Å². The van der Waals surface area contributed by atoms with Gasteiger partial charge in [0.05, 0.1) is 6.61 Å². The predicted octanol–water partition coefficient (Wildman–Crippen LogP) is 3.16. The average Bonchev–Trinajstić information content (AvgIpc) is 2.37. The second-order valence-electron chi connectivity index (χ2n) is 4.91. The van der Waals surface area contributed by atoms with Crippen LogP contribution in [0, 0.1) is 17.6 Å². The summed E-state index contributed by atoms with van der Waals surface area (Å²) < 4.78 is 31.1. The maximum atomic E-state index is 13.4. The first-order chi connectivity index (χ1) is 9.13. The Hall–Kier alpha value is -1.00. The van der Waals surface area contributed by atoms with E-state index in [2.05, 4.69) is 12.2 Å². The lowest BCUT2D eigenvalue weighted by molar-refractivity contribution is 0.199. The molecule has 0 aliphatic carbocycles. The summed E-state index contributed by atoms with van der Waals surface area (Å²) in [5.74, 6) is -0.443. The Kier molecular flexibility index (Phi) is 7.60. The van der Waals surface area contributed by atoms with Crippen molar-refractivity contribution in [2.24, 2.45) is 5.92 Å². The number of methoxy groups -OCH3 is 1. The Labute approximate surface area is 114 Å². The fraction of sp³-hybridized carbons (Fsp3) is 0.600. The Bertz CT molecular complexity index is 371. The van der Waals surface area contributed by atoms with Crippen LogP contribution in [0.3, 0.4) is 0 Å². The first-order valence-electron chi connectivity index (χ1n) is 6.77. The van der Waals surface area contributed by atoms with Crippen LogP contribution in [0.4, 0.5) is 8.78 Å². The van der Waals surface area contributed by atoms with Crippen molar-refractivity contribution in [3.63, 3.8) is 0 Å². The minimum Gasteiger partial charge on any atom is -0.383 e. The maximum Gasteiger partial charge on any atom is 0.129 e. The van der Waals surface area contributed by atoms with Crippen LogP contribution in [-0.4, -0.2) is 26.8 Å². The standard InChI is InChI=1S/C15H23F2NO/c1-12(7-8-18-9-10-19-2)3-4-13-5-6-14(16)11-15(13)17/h5-6,11-12,18H,3-4,7-10H2,1-2H3. The first-order valence-corrected chi connectivity index (χ1v) is 6.77. The van der Waals surface area contributed by atoms with Crippen molar-refractivity contribution in [3.8, 4) is 0 Å². The number of hydrogen-bond acceptors (Lipinski definition) is 2. The van der Waals surface area contributed by atoms with E-state index < -0.39 is 11.6 Å². The summed E-state index contributed by atoms with van der Waals surface area (Å²) in [4.78, 5) is 0. The quantitative estimate of drug-likeness (QED) is 0.697. The average molecular weight is 271 g/mol. The molecule has 1 rings (SSSR count). The van der Waals surface area contributed by atoms with Crippen molar-refractivity contribution in [1.82, 2.24) is 5.32 Å². The van der Waals surface area contributed by atoms with Gasteiger partial charge in [0.15, 0.2) is 0 Å². The van der Waals surface area contributed by atoms with Gasteiger partial charge in [0.25, 0.3) is 0 Å². The van der Waals surface area contributed by atoms with Crippen LogP contribution in [0.2, 0.25) is 0 Å². The van der Waals surface area contributed by atoms with E-state index in [9.17, 15) is 8.78 Å². The molecule has 0 fully saturated rings. The number of benzene rings is 1. The van der Waals surface area contributed by atoms with Gasteiger partial charge in [-0.2, -0.15) is 0 Å². The van der Waals surface area contributed by atoms with E-state index in [-0.39, 0.29) is 0 Å². The molecular formula is C15H23F2NO. The Morgan fingerprint density at radius 1 is 1.21 bits per heavy atom. The van der Waals surface area contributed by atoms with Gasteiger partial charge in [-0.3, -0.25) is 0 Å². The molecule has 0 radical (unpaired) electrons. The molecule has 1 aromatic carbocycles. The van der Waals surface area contributed by atoms with Gasteiger partial charge in [0.2, 0.25) is 0 Å². The molecule has 1 N–H and O–H groups in total. The molecule has 0 saturated heterocycles. The van der Waals surface area contributed by atoms with Crippen LogP contribution in [0.25, 0.3) is 0 Å². The molecule has 0 saturated carbocycles. The number of hydrogen-bond donors (Lipinski definition) is 1. The van der Waals surface area contributed by atoms with Gasteiger partial charge in [-0.15, -0.1) is 0 Å². The molecule has 0 spiro atoms. The van der Waals surface area contributed by atoms with Crippen molar-refractivity contribution in [3.05, 3.63) is 35.4 Å². The maximum absolute atomic E-state index is 13.4. The van der Waals surface area contributed by atoms with Crippen molar-refractivity contribution in [2.45, 2.75) is 26.2 Å². The van der Waals surface area contributed by atoms with E-state index >= 15 is 0 Å². The van der Waals surface area contributed by atoms with Crippen LogP contribution < -0.4 is 5.32 Å². The van der Waals surface area contributed by atoms with E-state index in [1.807, 2.05) is 0 Å². The minimum absolute atomic E-state index is 0.439. The van der Waals surface area contributed by atoms with Crippen molar-refractivity contribution < 1.29 is 13.5 Å². The van der Waals surface area contributed by atoms with Crippen LogP contribution >= 0.6 is 0 Å². The highest BCUT2D eigenvalue weighted by molar-refractivity contribution is 5.18. The monoisotopic (exact) mass is 271 g/mol. The lowest BCUT2D eigenvalue weighted by atomic mass is 9.98. The van der Waals surface area contributed by atoms with E-state index in [1.165, 1.54) is 12.1 Å². The topological polar surface area (TPSA) is 21.3 Å². The molecule has 0 aliphatic rings.